The maximum absolute atomic E-state index is 14.1. The van der Waals surface area contributed by atoms with Crippen LogP contribution in [-0.4, -0.2) is 52.8 Å². The van der Waals surface area contributed by atoms with E-state index in [-0.39, 0.29) is 37.3 Å². The fraction of sp³-hybridized carbons (Fsp3) is 0.371. The van der Waals surface area contributed by atoms with Crippen LogP contribution in [0.15, 0.2) is 72.3 Å². The highest BCUT2D eigenvalue weighted by atomic mass is 32.2. The van der Waals surface area contributed by atoms with Crippen molar-refractivity contribution in [2.75, 3.05) is 28.8 Å². The lowest BCUT2D eigenvalue weighted by Crippen LogP contribution is -2.38. The molecule has 6 rings (SSSR count). The summed E-state index contributed by atoms with van der Waals surface area (Å²) in [6, 6.07) is 13.4. The van der Waals surface area contributed by atoms with E-state index in [9.17, 15) is 13.2 Å². The largest absolute Gasteiger partial charge is 0.472 e. The highest BCUT2D eigenvalue weighted by molar-refractivity contribution is 7.89. The molecule has 1 amide bonds. The van der Waals surface area contributed by atoms with Crippen molar-refractivity contribution in [1.29, 1.82) is 0 Å². The van der Waals surface area contributed by atoms with E-state index in [1.54, 1.807) is 30.7 Å². The summed E-state index contributed by atoms with van der Waals surface area (Å²) in [6.45, 7) is 13.0. The maximum atomic E-state index is 14.1. The number of aryl methyl sites for hydroxylation is 1. The van der Waals surface area contributed by atoms with Crippen molar-refractivity contribution >= 4 is 33.0 Å². The first kappa shape index (κ1) is 33.3. The predicted octanol–water partition coefficient (Wildman–Crippen LogP) is 5.56. The van der Waals surface area contributed by atoms with Gasteiger partial charge in [-0.15, -0.1) is 5.53 Å². The first-order valence-corrected chi connectivity index (χ1v) is 17.6. The van der Waals surface area contributed by atoms with Gasteiger partial charge in [0.25, 0.3) is 0 Å². The molecule has 4 heterocycles. The van der Waals surface area contributed by atoms with E-state index in [1.807, 2.05) is 50.9 Å². The molecule has 2 aromatic carbocycles. The number of rotatable bonds is 9. The van der Waals surface area contributed by atoms with Crippen molar-refractivity contribution in [2.24, 2.45) is 5.41 Å². The molecular formula is C35H44N8O4S. The number of nitrogens with one attached hydrogen (secondary N) is 3. The Hall–Kier alpha value is -4.59. The average Bonchev–Trinajstić information content (AvgIpc) is 3.46. The lowest BCUT2D eigenvalue weighted by Gasteiger charge is -2.36. The van der Waals surface area contributed by atoms with Crippen LogP contribution in [0, 0.1) is 19.3 Å². The fourth-order valence-electron chi connectivity index (χ4n) is 6.53. The Morgan fingerprint density at radius 2 is 1.92 bits per heavy atom. The number of aromatic nitrogens is 3. The summed E-state index contributed by atoms with van der Waals surface area (Å²) in [5.74, 6) is -0.486. The molecule has 0 aliphatic carbocycles. The summed E-state index contributed by atoms with van der Waals surface area (Å²) in [5.41, 5.74) is 12.7. The number of benzene rings is 2. The Balaban J connectivity index is 0.00000468. The molecule has 0 radical (unpaired) electrons. The molecule has 13 heteroatoms. The van der Waals surface area contributed by atoms with Crippen LogP contribution >= 0.6 is 0 Å². The van der Waals surface area contributed by atoms with Crippen molar-refractivity contribution in [3.05, 3.63) is 95.2 Å². The van der Waals surface area contributed by atoms with E-state index >= 15 is 0 Å². The number of pyridine rings is 1. The molecule has 4 aromatic rings. The maximum Gasteiger partial charge on any atom is 0.248 e. The zero-order valence-electron chi connectivity index (χ0n) is 28.1. The topological polar surface area (TPSA) is 142 Å². The van der Waals surface area contributed by atoms with Gasteiger partial charge in [-0.2, -0.15) is 4.31 Å². The lowest BCUT2D eigenvalue weighted by molar-refractivity contribution is -0.124. The van der Waals surface area contributed by atoms with E-state index in [1.165, 1.54) is 10.6 Å². The molecule has 0 saturated heterocycles. The number of carbonyl (C=O) groups excluding carboxylic acids is 1. The van der Waals surface area contributed by atoms with E-state index in [0.717, 1.165) is 45.7 Å². The number of nitrogens with zero attached hydrogens (tertiary/aromatic N) is 5. The third-order valence-corrected chi connectivity index (χ3v) is 11.2. The number of sulfonamides is 1. The summed E-state index contributed by atoms with van der Waals surface area (Å²) in [7, 11) is -3.91. The summed E-state index contributed by atoms with van der Waals surface area (Å²) < 4.78 is 35.5. The van der Waals surface area contributed by atoms with Crippen LogP contribution in [0.5, 0.6) is 5.88 Å². The van der Waals surface area contributed by atoms with Crippen molar-refractivity contribution in [3.8, 4) is 5.88 Å². The van der Waals surface area contributed by atoms with Crippen LogP contribution in [0.1, 0.15) is 69.3 Å². The minimum atomic E-state index is -3.91. The van der Waals surface area contributed by atoms with Crippen LogP contribution in [0.2, 0.25) is 0 Å². The smallest absolute Gasteiger partial charge is 0.248 e. The van der Waals surface area contributed by atoms with Crippen LogP contribution in [0.4, 0.5) is 17.1 Å². The summed E-state index contributed by atoms with van der Waals surface area (Å²) >= 11 is 0. The zero-order chi connectivity index (χ0) is 34.2. The molecule has 2 aromatic heterocycles. The monoisotopic (exact) mass is 672 g/mol. The molecule has 2 aliphatic heterocycles. The molecular weight excluding hydrogens is 629 g/mol. The van der Waals surface area contributed by atoms with Crippen LogP contribution in [-0.2, 0) is 21.4 Å². The second-order valence-corrected chi connectivity index (χ2v) is 14.7. The van der Waals surface area contributed by atoms with Crippen LogP contribution < -0.4 is 26.0 Å². The van der Waals surface area contributed by atoms with Gasteiger partial charge in [-0.05, 0) is 73.2 Å². The molecule has 0 bridgehead atoms. The Labute approximate surface area is 283 Å². The van der Waals surface area contributed by atoms with Crippen LogP contribution in [0.25, 0.3) is 0 Å². The molecule has 2 aliphatic rings. The molecule has 0 saturated carbocycles. The predicted molar refractivity (Wildman–Crippen MR) is 187 cm³/mol. The Kier molecular flexibility index (Phi) is 9.12. The third kappa shape index (κ3) is 6.09. The molecule has 48 heavy (non-hydrogen) atoms. The summed E-state index contributed by atoms with van der Waals surface area (Å²) in [4.78, 5) is 26.5. The molecule has 0 unspecified atom stereocenters. The van der Waals surface area contributed by atoms with Gasteiger partial charge in [0.05, 0.1) is 41.4 Å². The number of hydrazine groups is 2. The Morgan fingerprint density at radius 3 is 2.65 bits per heavy atom. The second kappa shape index (κ2) is 13.1. The molecule has 3 N–H and O–H groups in total. The minimum Gasteiger partial charge on any atom is -0.472 e. The minimum absolute atomic E-state index is 0. The summed E-state index contributed by atoms with van der Waals surface area (Å²) in [6.07, 6.45) is 6.36. The van der Waals surface area contributed by atoms with Crippen molar-refractivity contribution in [2.45, 2.75) is 71.4 Å². The number of hydrogen-bond donors (Lipinski definition) is 3. The normalized spacial score (nSPS) is 17.8. The van der Waals surface area contributed by atoms with Crippen molar-refractivity contribution < 1.29 is 19.4 Å². The number of anilines is 3. The first-order valence-electron chi connectivity index (χ1n) is 16.2. The van der Waals surface area contributed by atoms with Gasteiger partial charge in [-0.3, -0.25) is 9.80 Å². The van der Waals surface area contributed by atoms with E-state index in [2.05, 4.69) is 57.2 Å². The quantitative estimate of drug-likeness (QED) is 0.207. The highest BCUT2D eigenvalue weighted by Gasteiger charge is 2.41. The van der Waals surface area contributed by atoms with Crippen LogP contribution in [0.3, 0.4) is 0 Å². The Morgan fingerprint density at radius 1 is 1.15 bits per heavy atom. The van der Waals surface area contributed by atoms with E-state index in [0.29, 0.717) is 12.1 Å². The fourth-order valence-corrected chi connectivity index (χ4v) is 8.05. The molecule has 0 spiro atoms. The molecule has 0 fully saturated rings. The molecule has 2 atom stereocenters. The van der Waals surface area contributed by atoms with Gasteiger partial charge < -0.3 is 15.5 Å². The SMILES string of the molecule is CC[C@@H]1CN(Cc2cc([C@@H](c3ccc4c(c3C)NNN4CC)C(C)(C)C(=O)Nc3cncnc3)ccc2C)S(=O)(=O)c2cccnc2O1.[HH]. The average molecular weight is 673 g/mol. The van der Waals surface area contributed by atoms with Gasteiger partial charge in [0.2, 0.25) is 21.8 Å². The Bertz CT molecular complexity index is 1940. The van der Waals surface area contributed by atoms with Gasteiger partial charge in [-0.1, -0.05) is 45.0 Å². The number of ether oxygens (including phenoxy) is 1. The number of fused-ring (bicyclic) bond motifs is 2. The number of hydrogen-bond acceptors (Lipinski definition) is 10. The number of carbonyl (C=O) groups is 1. The van der Waals surface area contributed by atoms with Gasteiger partial charge >= 0.3 is 0 Å². The van der Waals surface area contributed by atoms with Gasteiger partial charge in [0, 0.05) is 26.6 Å². The van der Waals surface area contributed by atoms with Gasteiger partial charge in [0.15, 0.2) is 0 Å². The molecule has 12 nitrogen and oxygen atoms in total. The van der Waals surface area contributed by atoms with E-state index in [4.69, 9.17) is 4.74 Å². The highest BCUT2D eigenvalue weighted by Crippen LogP contribution is 2.47. The second-order valence-electron chi connectivity index (χ2n) is 12.8. The molecule has 254 valence electrons. The van der Waals surface area contributed by atoms with Crippen molar-refractivity contribution in [3.63, 3.8) is 0 Å². The van der Waals surface area contributed by atoms with Gasteiger partial charge in [0.1, 0.15) is 17.3 Å². The van der Waals surface area contributed by atoms with Gasteiger partial charge in [-0.25, -0.2) is 23.4 Å². The van der Waals surface area contributed by atoms with E-state index < -0.39 is 21.4 Å². The number of amides is 1. The first-order chi connectivity index (χ1) is 22.9. The third-order valence-electron chi connectivity index (χ3n) is 9.39. The standard InChI is InChI=1S/C35H42N8O4S.H2/c1-7-27-20-42(48(45,46)30-10-9-15-38-33(30)47-27)19-25-16-24(12-11-22(25)3)31(35(5,6)34(44)39-26-17-36-21-37-18-26)28-13-14-29-32(23(28)4)40-41-43(29)8-2;/h9-18,21,27,31,40-41H,7-8,19-20H2,1-6H3,(H,39,44);1H/t27-,31+;/m1./s1. The van der Waals surface area contributed by atoms with Crippen molar-refractivity contribution in [1.82, 2.24) is 24.8 Å². The summed E-state index contributed by atoms with van der Waals surface area (Å²) in [5, 5.41) is 5.04. The zero-order valence-corrected chi connectivity index (χ0v) is 28.9. The lowest BCUT2D eigenvalue weighted by atomic mass is 9.69.